The van der Waals surface area contributed by atoms with Crippen LogP contribution in [-0.2, 0) is 11.3 Å². The van der Waals surface area contributed by atoms with Crippen LogP contribution in [0.25, 0.3) is 11.1 Å². The Kier molecular flexibility index (Phi) is 4.36. The molecule has 0 fully saturated rings. The molecule has 1 aromatic carbocycles. The van der Waals surface area contributed by atoms with Crippen molar-refractivity contribution in [2.75, 3.05) is 18.9 Å². The van der Waals surface area contributed by atoms with Crippen LogP contribution in [0.1, 0.15) is 13.3 Å². The first-order chi connectivity index (χ1) is 8.81. The molecule has 0 aliphatic carbocycles. The van der Waals surface area contributed by atoms with Crippen LogP contribution in [-0.4, -0.2) is 23.0 Å². The SMILES string of the molecule is CCCOCCn1cc(-c2ccccc2N)cn1. The van der Waals surface area contributed by atoms with Gasteiger partial charge in [-0.3, -0.25) is 4.68 Å². The Hall–Kier alpha value is -1.81. The summed E-state index contributed by atoms with van der Waals surface area (Å²) < 4.78 is 7.33. The fraction of sp³-hybridized carbons (Fsp3) is 0.357. The lowest BCUT2D eigenvalue weighted by Gasteiger charge is -2.03. The van der Waals surface area contributed by atoms with Crippen molar-refractivity contribution in [3.8, 4) is 11.1 Å². The highest BCUT2D eigenvalue weighted by Crippen LogP contribution is 2.24. The molecule has 1 heterocycles. The van der Waals surface area contributed by atoms with Gasteiger partial charge in [0.15, 0.2) is 0 Å². The molecule has 4 heteroatoms. The molecule has 2 rings (SSSR count). The van der Waals surface area contributed by atoms with Gasteiger partial charge in [0.1, 0.15) is 0 Å². The summed E-state index contributed by atoms with van der Waals surface area (Å²) in [6.45, 7) is 4.37. The summed E-state index contributed by atoms with van der Waals surface area (Å²) in [6.07, 6.45) is 4.89. The van der Waals surface area contributed by atoms with Gasteiger partial charge in [0.2, 0.25) is 0 Å². The zero-order valence-corrected chi connectivity index (χ0v) is 10.7. The number of hydrogen-bond donors (Lipinski definition) is 1. The molecule has 0 bridgehead atoms. The standard InChI is InChI=1S/C14H19N3O/c1-2-8-18-9-7-17-11-12(10-16-17)13-5-3-4-6-14(13)15/h3-6,10-11H,2,7-9,15H2,1H3. The minimum absolute atomic E-state index is 0.694. The van der Waals surface area contributed by atoms with Gasteiger partial charge in [-0.05, 0) is 12.5 Å². The molecule has 0 saturated heterocycles. The van der Waals surface area contributed by atoms with Gasteiger partial charge in [0.05, 0.1) is 19.3 Å². The van der Waals surface area contributed by atoms with Crippen molar-refractivity contribution in [3.63, 3.8) is 0 Å². The second-order valence-electron chi connectivity index (χ2n) is 4.19. The molecule has 1 aromatic heterocycles. The summed E-state index contributed by atoms with van der Waals surface area (Å²) >= 11 is 0. The molecular formula is C14H19N3O. The van der Waals surface area contributed by atoms with Crippen LogP contribution in [0.5, 0.6) is 0 Å². The molecule has 0 spiro atoms. The smallest absolute Gasteiger partial charge is 0.0662 e. The molecule has 4 nitrogen and oxygen atoms in total. The molecule has 0 saturated carbocycles. The van der Waals surface area contributed by atoms with E-state index in [9.17, 15) is 0 Å². The van der Waals surface area contributed by atoms with E-state index in [-0.39, 0.29) is 0 Å². The highest BCUT2D eigenvalue weighted by Gasteiger charge is 2.04. The number of rotatable bonds is 6. The second kappa shape index (κ2) is 6.21. The van der Waals surface area contributed by atoms with Gasteiger partial charge in [0, 0.05) is 29.6 Å². The zero-order chi connectivity index (χ0) is 12.8. The van der Waals surface area contributed by atoms with Crippen molar-refractivity contribution in [3.05, 3.63) is 36.7 Å². The summed E-state index contributed by atoms with van der Waals surface area (Å²) in [5.41, 5.74) is 8.79. The van der Waals surface area contributed by atoms with E-state index in [4.69, 9.17) is 10.5 Å². The monoisotopic (exact) mass is 245 g/mol. The van der Waals surface area contributed by atoms with Crippen molar-refractivity contribution in [2.45, 2.75) is 19.9 Å². The van der Waals surface area contributed by atoms with E-state index < -0.39 is 0 Å². The van der Waals surface area contributed by atoms with Crippen LogP contribution in [0.3, 0.4) is 0 Å². The Morgan fingerprint density at radius 3 is 2.89 bits per heavy atom. The molecule has 0 aliphatic rings. The Morgan fingerprint density at radius 2 is 2.11 bits per heavy atom. The molecule has 18 heavy (non-hydrogen) atoms. The quantitative estimate of drug-likeness (QED) is 0.628. The summed E-state index contributed by atoms with van der Waals surface area (Å²) in [4.78, 5) is 0. The van der Waals surface area contributed by atoms with Crippen LogP contribution < -0.4 is 5.73 Å². The summed E-state index contributed by atoms with van der Waals surface area (Å²) in [5.74, 6) is 0. The second-order valence-corrected chi connectivity index (χ2v) is 4.19. The third-order valence-electron chi connectivity index (χ3n) is 2.72. The van der Waals surface area contributed by atoms with Crippen molar-refractivity contribution < 1.29 is 4.74 Å². The van der Waals surface area contributed by atoms with Gasteiger partial charge in [0.25, 0.3) is 0 Å². The first kappa shape index (κ1) is 12.6. The third-order valence-corrected chi connectivity index (χ3v) is 2.72. The van der Waals surface area contributed by atoms with E-state index in [1.807, 2.05) is 41.3 Å². The Bertz CT molecular complexity index is 493. The number of benzene rings is 1. The van der Waals surface area contributed by atoms with Gasteiger partial charge >= 0.3 is 0 Å². The van der Waals surface area contributed by atoms with E-state index in [0.29, 0.717) is 6.61 Å². The van der Waals surface area contributed by atoms with Gasteiger partial charge in [-0.15, -0.1) is 0 Å². The first-order valence-electron chi connectivity index (χ1n) is 6.26. The lowest BCUT2D eigenvalue weighted by Crippen LogP contribution is -2.06. The maximum Gasteiger partial charge on any atom is 0.0662 e. The molecule has 2 N–H and O–H groups in total. The number of nitrogens with zero attached hydrogens (tertiary/aromatic N) is 2. The number of para-hydroxylation sites is 1. The van der Waals surface area contributed by atoms with Gasteiger partial charge in [-0.2, -0.15) is 5.10 Å². The fourth-order valence-corrected chi connectivity index (χ4v) is 1.79. The van der Waals surface area contributed by atoms with Crippen LogP contribution in [0.2, 0.25) is 0 Å². The van der Waals surface area contributed by atoms with Gasteiger partial charge in [-0.25, -0.2) is 0 Å². The average molecular weight is 245 g/mol. The van der Waals surface area contributed by atoms with Gasteiger partial charge in [-0.1, -0.05) is 25.1 Å². The molecular weight excluding hydrogens is 226 g/mol. The molecule has 0 radical (unpaired) electrons. The normalized spacial score (nSPS) is 10.7. The number of ether oxygens (including phenoxy) is 1. The van der Waals surface area contributed by atoms with Crippen LogP contribution >= 0.6 is 0 Å². The van der Waals surface area contributed by atoms with E-state index in [2.05, 4.69) is 12.0 Å². The van der Waals surface area contributed by atoms with Crippen molar-refractivity contribution in [1.29, 1.82) is 0 Å². The number of aromatic nitrogens is 2. The lowest BCUT2D eigenvalue weighted by molar-refractivity contribution is 0.124. The third kappa shape index (κ3) is 3.11. The maximum atomic E-state index is 5.94. The van der Waals surface area contributed by atoms with Crippen LogP contribution in [0.15, 0.2) is 36.7 Å². The van der Waals surface area contributed by atoms with Crippen molar-refractivity contribution >= 4 is 5.69 Å². The number of nitrogens with two attached hydrogens (primary N) is 1. The summed E-state index contributed by atoms with van der Waals surface area (Å²) in [6, 6.07) is 7.82. The first-order valence-corrected chi connectivity index (χ1v) is 6.26. The number of nitrogen functional groups attached to an aromatic ring is 1. The minimum Gasteiger partial charge on any atom is -0.398 e. The van der Waals surface area contributed by atoms with E-state index in [1.165, 1.54) is 0 Å². The molecule has 0 unspecified atom stereocenters. The van der Waals surface area contributed by atoms with E-state index >= 15 is 0 Å². The number of anilines is 1. The average Bonchev–Trinajstić information content (AvgIpc) is 2.84. The van der Waals surface area contributed by atoms with Crippen LogP contribution in [0, 0.1) is 0 Å². The topological polar surface area (TPSA) is 53.1 Å². The molecule has 0 atom stereocenters. The predicted octanol–water partition coefficient (Wildman–Crippen LogP) is 2.56. The largest absolute Gasteiger partial charge is 0.398 e. The number of hydrogen-bond acceptors (Lipinski definition) is 3. The van der Waals surface area contributed by atoms with Gasteiger partial charge < -0.3 is 10.5 Å². The Balaban J connectivity index is 2.00. The summed E-state index contributed by atoms with van der Waals surface area (Å²) in [5, 5.41) is 4.31. The van der Waals surface area contributed by atoms with Crippen molar-refractivity contribution in [1.82, 2.24) is 9.78 Å². The Labute approximate surface area is 107 Å². The van der Waals surface area contributed by atoms with E-state index in [1.54, 1.807) is 0 Å². The maximum absolute atomic E-state index is 5.94. The molecule has 0 aliphatic heterocycles. The molecule has 96 valence electrons. The minimum atomic E-state index is 0.694. The van der Waals surface area contributed by atoms with Crippen molar-refractivity contribution in [2.24, 2.45) is 0 Å². The van der Waals surface area contributed by atoms with E-state index in [0.717, 1.165) is 36.4 Å². The summed E-state index contributed by atoms with van der Waals surface area (Å²) in [7, 11) is 0. The molecule has 0 amide bonds. The zero-order valence-electron chi connectivity index (χ0n) is 10.7. The lowest BCUT2D eigenvalue weighted by atomic mass is 10.1. The highest BCUT2D eigenvalue weighted by atomic mass is 16.5. The predicted molar refractivity (Wildman–Crippen MR) is 73.2 cm³/mol. The Morgan fingerprint density at radius 1 is 1.28 bits per heavy atom. The molecule has 2 aromatic rings. The highest BCUT2D eigenvalue weighted by molar-refractivity contribution is 5.75. The van der Waals surface area contributed by atoms with Crippen LogP contribution in [0.4, 0.5) is 5.69 Å². The fourth-order valence-electron chi connectivity index (χ4n) is 1.79.